The van der Waals surface area contributed by atoms with Crippen LogP contribution in [-0.2, 0) is 23.7 Å². The van der Waals surface area contributed by atoms with E-state index in [9.17, 15) is 0 Å². The molecule has 0 N–H and O–H groups in total. The van der Waals surface area contributed by atoms with Crippen LogP contribution in [0.25, 0.3) is 0 Å². The first-order chi connectivity index (χ1) is 10.7. The second-order valence-electron chi connectivity index (χ2n) is 5.56. The van der Waals surface area contributed by atoms with Gasteiger partial charge in [-0.2, -0.15) is 0 Å². The van der Waals surface area contributed by atoms with Gasteiger partial charge in [0.1, 0.15) is 30.5 Å². The van der Waals surface area contributed by atoms with E-state index in [1.807, 2.05) is 0 Å². The van der Waals surface area contributed by atoms with Crippen LogP contribution in [0.5, 0.6) is 0 Å². The number of rotatable bonds is 6. The lowest BCUT2D eigenvalue weighted by Gasteiger charge is -2.45. The van der Waals surface area contributed by atoms with Gasteiger partial charge < -0.3 is 23.7 Å². The van der Waals surface area contributed by atoms with Crippen molar-refractivity contribution in [3.05, 3.63) is 35.4 Å². The highest BCUT2D eigenvalue weighted by molar-refractivity contribution is 5.25. The third-order valence-electron chi connectivity index (χ3n) is 4.19. The Balaban J connectivity index is 2.32. The van der Waals surface area contributed by atoms with E-state index in [4.69, 9.17) is 23.7 Å². The Morgan fingerprint density at radius 1 is 0.864 bits per heavy atom. The van der Waals surface area contributed by atoms with Crippen LogP contribution in [0.2, 0.25) is 0 Å². The molecule has 5 atom stereocenters. The quantitative estimate of drug-likeness (QED) is 0.805. The molecule has 0 amide bonds. The first-order valence-electron chi connectivity index (χ1n) is 7.45. The Hall–Kier alpha value is -0.980. The molecule has 1 aliphatic rings. The molecule has 1 fully saturated rings. The molecule has 5 unspecified atom stereocenters. The van der Waals surface area contributed by atoms with E-state index in [0.717, 1.165) is 5.56 Å². The maximum Gasteiger partial charge on any atom is 0.116 e. The van der Waals surface area contributed by atoms with Crippen LogP contribution in [-0.4, -0.2) is 59.5 Å². The number of aryl methyl sites for hydroxylation is 1. The predicted molar refractivity (Wildman–Crippen MR) is 83.1 cm³/mol. The molecule has 124 valence electrons. The van der Waals surface area contributed by atoms with Gasteiger partial charge in [0.05, 0.1) is 6.61 Å². The zero-order valence-electron chi connectivity index (χ0n) is 13.9. The van der Waals surface area contributed by atoms with Crippen LogP contribution >= 0.6 is 0 Å². The number of methoxy groups -OCH3 is 4. The standard InChI is InChI=1S/C17H26O5/c1-11-6-8-12(9-7-11)14-16(20-4)17(21-5)15(19-3)13(22-14)10-18-2/h6-9,13-17H,10H2,1-5H3. The highest BCUT2D eigenvalue weighted by Crippen LogP contribution is 2.36. The minimum absolute atomic E-state index is 0.211. The third-order valence-corrected chi connectivity index (χ3v) is 4.19. The average Bonchev–Trinajstić information content (AvgIpc) is 2.54. The van der Waals surface area contributed by atoms with E-state index in [2.05, 4.69) is 31.2 Å². The fourth-order valence-corrected chi connectivity index (χ4v) is 3.05. The molecule has 0 bridgehead atoms. The van der Waals surface area contributed by atoms with E-state index in [1.165, 1.54) is 5.56 Å². The first-order valence-corrected chi connectivity index (χ1v) is 7.45. The van der Waals surface area contributed by atoms with E-state index >= 15 is 0 Å². The van der Waals surface area contributed by atoms with Crippen molar-refractivity contribution in [3.8, 4) is 0 Å². The summed E-state index contributed by atoms with van der Waals surface area (Å²) in [6.07, 6.45) is -1.14. The zero-order chi connectivity index (χ0) is 16.1. The summed E-state index contributed by atoms with van der Waals surface area (Å²) in [6.45, 7) is 2.50. The second kappa shape index (κ2) is 8.04. The molecule has 1 aromatic rings. The van der Waals surface area contributed by atoms with E-state index in [0.29, 0.717) is 6.61 Å². The van der Waals surface area contributed by atoms with Crippen molar-refractivity contribution < 1.29 is 23.7 Å². The summed E-state index contributed by atoms with van der Waals surface area (Å²) < 4.78 is 28.4. The molecule has 1 saturated heterocycles. The molecule has 1 aromatic carbocycles. The molecule has 22 heavy (non-hydrogen) atoms. The summed E-state index contributed by atoms with van der Waals surface area (Å²) >= 11 is 0. The highest BCUT2D eigenvalue weighted by Gasteiger charge is 2.47. The Kier molecular flexibility index (Phi) is 6.35. The Labute approximate surface area is 132 Å². The minimum atomic E-state index is -0.245. The Morgan fingerprint density at radius 3 is 1.95 bits per heavy atom. The lowest BCUT2D eigenvalue weighted by Crippen LogP contribution is -2.57. The van der Waals surface area contributed by atoms with Crippen LogP contribution in [0, 0.1) is 6.92 Å². The molecule has 2 rings (SSSR count). The van der Waals surface area contributed by atoms with Crippen LogP contribution < -0.4 is 0 Å². The molecule has 0 saturated carbocycles. The van der Waals surface area contributed by atoms with Crippen molar-refractivity contribution in [2.75, 3.05) is 35.0 Å². The summed E-state index contributed by atoms with van der Waals surface area (Å²) in [7, 11) is 6.65. The zero-order valence-corrected chi connectivity index (χ0v) is 13.9. The highest BCUT2D eigenvalue weighted by atomic mass is 16.6. The van der Waals surface area contributed by atoms with Crippen molar-refractivity contribution in [3.63, 3.8) is 0 Å². The van der Waals surface area contributed by atoms with Gasteiger partial charge in [0.2, 0.25) is 0 Å². The summed E-state index contributed by atoms with van der Waals surface area (Å²) in [4.78, 5) is 0. The van der Waals surface area contributed by atoms with Gasteiger partial charge in [-0.25, -0.2) is 0 Å². The predicted octanol–water partition coefficient (Wildman–Crippen LogP) is 2.13. The molecule has 5 heteroatoms. The summed E-state index contributed by atoms with van der Waals surface area (Å²) in [5, 5.41) is 0. The first kappa shape index (κ1) is 17.4. The normalized spacial score (nSPS) is 32.1. The van der Waals surface area contributed by atoms with Crippen LogP contribution in [0.3, 0.4) is 0 Å². The molecule has 0 aromatic heterocycles. The van der Waals surface area contributed by atoms with Crippen LogP contribution in [0.15, 0.2) is 24.3 Å². The monoisotopic (exact) mass is 310 g/mol. The van der Waals surface area contributed by atoms with Crippen molar-refractivity contribution in [2.24, 2.45) is 0 Å². The van der Waals surface area contributed by atoms with Gasteiger partial charge in [0.15, 0.2) is 0 Å². The van der Waals surface area contributed by atoms with Gasteiger partial charge in [-0.05, 0) is 12.5 Å². The number of benzene rings is 1. The second-order valence-corrected chi connectivity index (χ2v) is 5.56. The lowest BCUT2D eigenvalue weighted by atomic mass is 9.90. The number of hydrogen-bond acceptors (Lipinski definition) is 5. The molecule has 0 spiro atoms. The van der Waals surface area contributed by atoms with Gasteiger partial charge in [-0.1, -0.05) is 29.8 Å². The van der Waals surface area contributed by atoms with Crippen LogP contribution in [0.4, 0.5) is 0 Å². The summed E-state index contributed by atoms with van der Waals surface area (Å²) in [5.74, 6) is 0. The summed E-state index contributed by atoms with van der Waals surface area (Å²) in [5.41, 5.74) is 2.27. The van der Waals surface area contributed by atoms with Gasteiger partial charge >= 0.3 is 0 Å². The summed E-state index contributed by atoms with van der Waals surface area (Å²) in [6, 6.07) is 8.27. The fourth-order valence-electron chi connectivity index (χ4n) is 3.05. The Bertz CT molecular complexity index is 447. The fraction of sp³-hybridized carbons (Fsp3) is 0.647. The lowest BCUT2D eigenvalue weighted by molar-refractivity contribution is -0.252. The van der Waals surface area contributed by atoms with Crippen molar-refractivity contribution in [1.29, 1.82) is 0 Å². The maximum atomic E-state index is 6.24. The molecule has 1 heterocycles. The average molecular weight is 310 g/mol. The van der Waals surface area contributed by atoms with Gasteiger partial charge in [0, 0.05) is 28.4 Å². The largest absolute Gasteiger partial charge is 0.382 e. The molecule has 0 aliphatic carbocycles. The topological polar surface area (TPSA) is 46.2 Å². The van der Waals surface area contributed by atoms with Gasteiger partial charge in [-0.3, -0.25) is 0 Å². The van der Waals surface area contributed by atoms with Crippen LogP contribution in [0.1, 0.15) is 17.2 Å². The smallest absolute Gasteiger partial charge is 0.116 e. The number of hydrogen-bond donors (Lipinski definition) is 0. The van der Waals surface area contributed by atoms with Crippen molar-refractivity contribution in [1.82, 2.24) is 0 Å². The molecule has 0 radical (unpaired) electrons. The molecular weight excluding hydrogens is 284 g/mol. The van der Waals surface area contributed by atoms with E-state index in [1.54, 1.807) is 28.4 Å². The van der Waals surface area contributed by atoms with Gasteiger partial charge in [0.25, 0.3) is 0 Å². The molecule has 5 nitrogen and oxygen atoms in total. The van der Waals surface area contributed by atoms with Gasteiger partial charge in [-0.15, -0.1) is 0 Å². The molecular formula is C17H26O5. The third kappa shape index (κ3) is 3.50. The van der Waals surface area contributed by atoms with E-state index < -0.39 is 0 Å². The molecule has 1 aliphatic heterocycles. The SMILES string of the molecule is COCC1OC(c2ccc(C)cc2)C(OC)C(OC)C1OC. The minimum Gasteiger partial charge on any atom is -0.382 e. The maximum absolute atomic E-state index is 6.24. The van der Waals surface area contributed by atoms with Crippen molar-refractivity contribution >= 4 is 0 Å². The Morgan fingerprint density at radius 2 is 1.45 bits per heavy atom. The van der Waals surface area contributed by atoms with Crippen molar-refractivity contribution in [2.45, 2.75) is 37.4 Å². The number of ether oxygens (including phenoxy) is 5. The van der Waals surface area contributed by atoms with E-state index in [-0.39, 0.29) is 30.5 Å².